The SMILES string of the molecule is CC1CCCN1CCc1ccc(-c2ccc(CCC(=O)NCC=O)cc2)cc1. The van der Waals surface area contributed by atoms with E-state index in [1.165, 1.54) is 36.1 Å². The largest absolute Gasteiger partial charge is 0.349 e. The Labute approximate surface area is 167 Å². The van der Waals surface area contributed by atoms with Crippen LogP contribution in [0.5, 0.6) is 0 Å². The first kappa shape index (κ1) is 20.3. The van der Waals surface area contributed by atoms with Crippen molar-refractivity contribution in [1.29, 1.82) is 0 Å². The van der Waals surface area contributed by atoms with Gasteiger partial charge in [-0.2, -0.15) is 0 Å². The van der Waals surface area contributed by atoms with E-state index in [4.69, 9.17) is 0 Å². The summed E-state index contributed by atoms with van der Waals surface area (Å²) in [5.74, 6) is -0.0879. The van der Waals surface area contributed by atoms with Gasteiger partial charge in [-0.25, -0.2) is 0 Å². The fourth-order valence-electron chi connectivity index (χ4n) is 3.83. The number of hydrogen-bond acceptors (Lipinski definition) is 3. The van der Waals surface area contributed by atoms with Gasteiger partial charge in [-0.3, -0.25) is 4.79 Å². The Hall–Kier alpha value is -2.46. The molecule has 1 aliphatic rings. The first-order chi connectivity index (χ1) is 13.7. The molecule has 1 saturated heterocycles. The Morgan fingerprint density at radius 3 is 2.18 bits per heavy atom. The molecule has 4 nitrogen and oxygen atoms in total. The van der Waals surface area contributed by atoms with Crippen molar-refractivity contribution >= 4 is 12.2 Å². The third-order valence-electron chi connectivity index (χ3n) is 5.64. The second-order valence-corrected chi connectivity index (χ2v) is 7.64. The van der Waals surface area contributed by atoms with Crippen molar-refractivity contribution in [3.05, 3.63) is 59.7 Å². The molecular weight excluding hydrogens is 348 g/mol. The van der Waals surface area contributed by atoms with E-state index >= 15 is 0 Å². The fourth-order valence-corrected chi connectivity index (χ4v) is 3.83. The summed E-state index contributed by atoms with van der Waals surface area (Å²) in [5.41, 5.74) is 4.92. The molecule has 3 rings (SSSR count). The smallest absolute Gasteiger partial charge is 0.220 e. The maximum Gasteiger partial charge on any atom is 0.220 e. The monoisotopic (exact) mass is 378 g/mol. The van der Waals surface area contributed by atoms with E-state index in [0.29, 0.717) is 19.1 Å². The molecule has 0 aromatic heterocycles. The molecule has 1 heterocycles. The summed E-state index contributed by atoms with van der Waals surface area (Å²) >= 11 is 0. The van der Waals surface area contributed by atoms with Gasteiger partial charge in [0, 0.05) is 19.0 Å². The highest BCUT2D eigenvalue weighted by atomic mass is 16.2. The number of rotatable bonds is 9. The molecule has 4 heteroatoms. The number of carbonyl (C=O) groups excluding carboxylic acids is 2. The van der Waals surface area contributed by atoms with Gasteiger partial charge in [0.15, 0.2) is 0 Å². The Morgan fingerprint density at radius 2 is 1.64 bits per heavy atom. The number of nitrogens with zero attached hydrogens (tertiary/aromatic N) is 1. The molecule has 1 unspecified atom stereocenters. The lowest BCUT2D eigenvalue weighted by Gasteiger charge is -2.20. The van der Waals surface area contributed by atoms with Gasteiger partial charge < -0.3 is 15.0 Å². The van der Waals surface area contributed by atoms with Crippen molar-refractivity contribution in [3.8, 4) is 11.1 Å². The standard InChI is InChI=1S/C24H30N2O2/c1-19-3-2-16-26(19)17-14-21-6-11-23(12-7-21)22-9-4-20(5-10-22)8-13-24(28)25-15-18-27/h4-7,9-12,18-19H,2-3,8,13-17H2,1H3,(H,25,28). The molecule has 1 aliphatic heterocycles. The first-order valence-corrected chi connectivity index (χ1v) is 10.3. The van der Waals surface area contributed by atoms with Crippen LogP contribution in [0.25, 0.3) is 11.1 Å². The molecule has 1 N–H and O–H groups in total. The molecule has 0 spiro atoms. The van der Waals surface area contributed by atoms with Gasteiger partial charge in [0.1, 0.15) is 6.29 Å². The predicted octanol–water partition coefficient (Wildman–Crippen LogP) is 3.63. The van der Waals surface area contributed by atoms with E-state index in [1.54, 1.807) is 0 Å². The van der Waals surface area contributed by atoms with Crippen molar-refractivity contribution in [1.82, 2.24) is 10.2 Å². The Morgan fingerprint density at radius 1 is 1.04 bits per heavy atom. The highest BCUT2D eigenvalue weighted by Crippen LogP contribution is 2.22. The number of amides is 1. The van der Waals surface area contributed by atoms with Gasteiger partial charge in [0.2, 0.25) is 5.91 Å². The molecule has 1 fully saturated rings. The third kappa shape index (κ3) is 5.77. The van der Waals surface area contributed by atoms with E-state index in [-0.39, 0.29) is 12.5 Å². The highest BCUT2D eigenvalue weighted by Gasteiger charge is 2.19. The molecule has 1 amide bonds. The van der Waals surface area contributed by atoms with Gasteiger partial charge in [-0.15, -0.1) is 0 Å². The molecule has 2 aromatic carbocycles. The minimum atomic E-state index is -0.0879. The third-order valence-corrected chi connectivity index (χ3v) is 5.64. The van der Waals surface area contributed by atoms with Gasteiger partial charge in [-0.05, 0) is 61.4 Å². The number of nitrogens with one attached hydrogen (secondary N) is 1. The zero-order valence-corrected chi connectivity index (χ0v) is 16.7. The van der Waals surface area contributed by atoms with Gasteiger partial charge in [0.05, 0.1) is 6.54 Å². The first-order valence-electron chi connectivity index (χ1n) is 10.3. The van der Waals surface area contributed by atoms with Crippen LogP contribution in [0.3, 0.4) is 0 Å². The van der Waals surface area contributed by atoms with Crippen molar-refractivity contribution in [3.63, 3.8) is 0 Å². The average molecular weight is 379 g/mol. The van der Waals surface area contributed by atoms with Crippen molar-refractivity contribution in [2.75, 3.05) is 19.6 Å². The van der Waals surface area contributed by atoms with Crippen LogP contribution in [0.2, 0.25) is 0 Å². The van der Waals surface area contributed by atoms with Crippen LogP contribution >= 0.6 is 0 Å². The highest BCUT2D eigenvalue weighted by molar-refractivity contribution is 5.78. The number of aryl methyl sites for hydroxylation is 1. The molecule has 148 valence electrons. The van der Waals surface area contributed by atoms with Crippen molar-refractivity contribution < 1.29 is 9.59 Å². The van der Waals surface area contributed by atoms with E-state index in [2.05, 4.69) is 65.7 Å². The molecule has 28 heavy (non-hydrogen) atoms. The number of carbonyl (C=O) groups is 2. The van der Waals surface area contributed by atoms with Crippen LogP contribution < -0.4 is 5.32 Å². The van der Waals surface area contributed by atoms with Gasteiger partial charge in [-0.1, -0.05) is 48.5 Å². The summed E-state index contributed by atoms with van der Waals surface area (Å²) in [6.07, 6.45) is 5.55. The van der Waals surface area contributed by atoms with Gasteiger partial charge >= 0.3 is 0 Å². The van der Waals surface area contributed by atoms with E-state index in [9.17, 15) is 9.59 Å². The lowest BCUT2D eigenvalue weighted by molar-refractivity contribution is -0.122. The van der Waals surface area contributed by atoms with Crippen LogP contribution in [0.15, 0.2) is 48.5 Å². The normalized spacial score (nSPS) is 16.8. The minimum absolute atomic E-state index is 0.0879. The molecular formula is C24H30N2O2. The van der Waals surface area contributed by atoms with Crippen LogP contribution in [0.4, 0.5) is 0 Å². The zero-order valence-electron chi connectivity index (χ0n) is 16.7. The minimum Gasteiger partial charge on any atom is -0.349 e. The quantitative estimate of drug-likeness (QED) is 0.678. The summed E-state index contributed by atoms with van der Waals surface area (Å²) in [6, 6.07) is 18.0. The van der Waals surface area contributed by atoms with Crippen molar-refractivity contribution in [2.45, 2.75) is 45.1 Å². The summed E-state index contributed by atoms with van der Waals surface area (Å²) in [7, 11) is 0. The molecule has 0 radical (unpaired) electrons. The maximum absolute atomic E-state index is 11.6. The molecule has 0 bridgehead atoms. The number of aldehydes is 1. The summed E-state index contributed by atoms with van der Waals surface area (Å²) < 4.78 is 0. The second-order valence-electron chi connectivity index (χ2n) is 7.64. The van der Waals surface area contributed by atoms with Crippen LogP contribution in [-0.2, 0) is 22.4 Å². The molecule has 1 atom stereocenters. The van der Waals surface area contributed by atoms with Crippen LogP contribution in [0.1, 0.15) is 37.3 Å². The fraction of sp³-hybridized carbons (Fsp3) is 0.417. The van der Waals surface area contributed by atoms with Crippen molar-refractivity contribution in [2.24, 2.45) is 0 Å². The Balaban J connectivity index is 1.50. The zero-order chi connectivity index (χ0) is 19.8. The van der Waals surface area contributed by atoms with Gasteiger partial charge in [0.25, 0.3) is 0 Å². The summed E-state index contributed by atoms with van der Waals surface area (Å²) in [6.45, 7) is 4.81. The Kier molecular flexibility index (Phi) is 7.38. The van der Waals surface area contributed by atoms with Crippen LogP contribution in [-0.4, -0.2) is 42.8 Å². The van der Waals surface area contributed by atoms with Crippen LogP contribution in [0, 0.1) is 0 Å². The van der Waals surface area contributed by atoms with E-state index in [1.807, 2.05) is 0 Å². The number of hydrogen-bond donors (Lipinski definition) is 1. The number of benzene rings is 2. The topological polar surface area (TPSA) is 49.4 Å². The predicted molar refractivity (Wildman–Crippen MR) is 113 cm³/mol. The maximum atomic E-state index is 11.6. The molecule has 0 saturated carbocycles. The number of likely N-dealkylation sites (tertiary alicyclic amines) is 1. The van der Waals surface area contributed by atoms with E-state index in [0.717, 1.165) is 24.6 Å². The molecule has 2 aromatic rings. The average Bonchev–Trinajstić information content (AvgIpc) is 3.14. The summed E-state index contributed by atoms with van der Waals surface area (Å²) in [4.78, 5) is 24.4. The van der Waals surface area contributed by atoms with E-state index < -0.39 is 0 Å². The second kappa shape index (κ2) is 10.2. The Bertz CT molecular complexity index is 768. The lowest BCUT2D eigenvalue weighted by atomic mass is 10.0. The molecule has 0 aliphatic carbocycles. The lowest BCUT2D eigenvalue weighted by Crippen LogP contribution is -2.28. The summed E-state index contributed by atoms with van der Waals surface area (Å²) in [5, 5.41) is 2.57.